The Morgan fingerprint density at radius 3 is 2.94 bits per heavy atom. The molecule has 1 N–H and O–H groups in total. The van der Waals surface area contributed by atoms with Crippen LogP contribution >= 0.6 is 15.9 Å². The second-order valence-corrected chi connectivity index (χ2v) is 5.36. The molecular formula is C13H16BrNO2. The van der Waals surface area contributed by atoms with Gasteiger partial charge in [-0.3, -0.25) is 4.79 Å². The maximum Gasteiger partial charge on any atom is 0.257 e. The molecule has 0 aromatic heterocycles. The van der Waals surface area contributed by atoms with Crippen LogP contribution in [0.25, 0.3) is 0 Å². The van der Waals surface area contributed by atoms with E-state index in [0.717, 1.165) is 22.3 Å². The molecule has 1 aromatic carbocycles. The van der Waals surface area contributed by atoms with Crippen LogP contribution in [0.4, 0.5) is 0 Å². The molecule has 1 amide bonds. The van der Waals surface area contributed by atoms with E-state index in [4.69, 9.17) is 4.74 Å². The molecule has 0 spiro atoms. The lowest BCUT2D eigenvalue weighted by Crippen LogP contribution is -2.30. The summed E-state index contributed by atoms with van der Waals surface area (Å²) in [6, 6.07) is 5.75. The minimum atomic E-state index is -0.0424. The molecule has 3 nitrogen and oxygen atoms in total. The maximum atomic E-state index is 11.5. The standard InChI is InChI=1S/C13H16BrNO2/c1-9-6-11(14)4-5-12(9)17-8-13(16)15-7-10-2-3-10/h4-6,10H,2-3,7-8H2,1H3,(H,15,16). The molecule has 1 saturated carbocycles. The molecule has 0 aliphatic heterocycles. The molecule has 1 aromatic rings. The molecule has 1 aliphatic carbocycles. The van der Waals surface area contributed by atoms with Crippen molar-refractivity contribution in [1.29, 1.82) is 0 Å². The maximum absolute atomic E-state index is 11.5. The predicted octanol–water partition coefficient (Wildman–Crippen LogP) is 2.66. The van der Waals surface area contributed by atoms with E-state index < -0.39 is 0 Å². The van der Waals surface area contributed by atoms with Crippen molar-refractivity contribution in [3.8, 4) is 5.75 Å². The fourth-order valence-electron chi connectivity index (χ4n) is 1.55. The molecule has 1 fully saturated rings. The Labute approximate surface area is 110 Å². The number of benzene rings is 1. The smallest absolute Gasteiger partial charge is 0.257 e. The van der Waals surface area contributed by atoms with Crippen LogP contribution < -0.4 is 10.1 Å². The van der Waals surface area contributed by atoms with E-state index in [-0.39, 0.29) is 12.5 Å². The van der Waals surface area contributed by atoms with Crippen LogP contribution in [0.2, 0.25) is 0 Å². The summed E-state index contributed by atoms with van der Waals surface area (Å²) in [4.78, 5) is 11.5. The number of hydrogen-bond donors (Lipinski definition) is 1. The molecule has 2 rings (SSSR count). The van der Waals surface area contributed by atoms with Crippen molar-refractivity contribution in [2.45, 2.75) is 19.8 Å². The van der Waals surface area contributed by atoms with E-state index in [2.05, 4.69) is 21.2 Å². The van der Waals surface area contributed by atoms with Crippen LogP contribution in [0, 0.1) is 12.8 Å². The molecule has 0 heterocycles. The van der Waals surface area contributed by atoms with E-state index >= 15 is 0 Å². The Kier molecular flexibility index (Phi) is 4.05. The SMILES string of the molecule is Cc1cc(Br)ccc1OCC(=O)NCC1CC1. The Hall–Kier alpha value is -1.03. The number of halogens is 1. The summed E-state index contributed by atoms with van der Waals surface area (Å²) in [6.07, 6.45) is 2.49. The molecule has 17 heavy (non-hydrogen) atoms. The minimum Gasteiger partial charge on any atom is -0.484 e. The summed E-state index contributed by atoms with van der Waals surface area (Å²) in [7, 11) is 0. The van der Waals surface area contributed by atoms with Crippen LogP contribution in [0.15, 0.2) is 22.7 Å². The predicted molar refractivity (Wildman–Crippen MR) is 70.1 cm³/mol. The number of carbonyl (C=O) groups is 1. The summed E-state index contributed by atoms with van der Waals surface area (Å²) >= 11 is 3.39. The average Bonchev–Trinajstić information content (AvgIpc) is 3.09. The fraction of sp³-hybridized carbons (Fsp3) is 0.462. The lowest BCUT2D eigenvalue weighted by atomic mass is 10.2. The van der Waals surface area contributed by atoms with Gasteiger partial charge < -0.3 is 10.1 Å². The second kappa shape index (κ2) is 5.54. The van der Waals surface area contributed by atoms with Crippen LogP contribution in [0.5, 0.6) is 5.75 Å². The lowest BCUT2D eigenvalue weighted by Gasteiger charge is -2.09. The van der Waals surface area contributed by atoms with Crippen molar-refractivity contribution < 1.29 is 9.53 Å². The van der Waals surface area contributed by atoms with Gasteiger partial charge in [0.1, 0.15) is 5.75 Å². The van der Waals surface area contributed by atoms with E-state index in [9.17, 15) is 4.79 Å². The first-order valence-corrected chi connectivity index (χ1v) is 6.60. The van der Waals surface area contributed by atoms with Gasteiger partial charge in [0.15, 0.2) is 6.61 Å². The summed E-state index contributed by atoms with van der Waals surface area (Å²) in [5.74, 6) is 1.42. The zero-order valence-electron chi connectivity index (χ0n) is 9.83. The van der Waals surface area contributed by atoms with Crippen LogP contribution in [-0.2, 0) is 4.79 Å². The Balaban J connectivity index is 1.77. The fourth-order valence-corrected chi connectivity index (χ4v) is 2.02. The monoisotopic (exact) mass is 297 g/mol. The van der Waals surface area contributed by atoms with E-state index in [1.165, 1.54) is 12.8 Å². The van der Waals surface area contributed by atoms with Gasteiger partial charge >= 0.3 is 0 Å². The van der Waals surface area contributed by atoms with Gasteiger partial charge in [-0.05, 0) is 49.4 Å². The van der Waals surface area contributed by atoms with Gasteiger partial charge in [0.05, 0.1) is 0 Å². The van der Waals surface area contributed by atoms with Crippen LogP contribution in [0.1, 0.15) is 18.4 Å². The molecular weight excluding hydrogens is 282 g/mol. The summed E-state index contributed by atoms with van der Waals surface area (Å²) in [6.45, 7) is 2.85. The third-order valence-electron chi connectivity index (χ3n) is 2.78. The topological polar surface area (TPSA) is 38.3 Å². The zero-order valence-corrected chi connectivity index (χ0v) is 11.4. The van der Waals surface area contributed by atoms with Crippen molar-refractivity contribution in [2.75, 3.05) is 13.2 Å². The highest BCUT2D eigenvalue weighted by Crippen LogP contribution is 2.27. The molecule has 4 heteroatoms. The lowest BCUT2D eigenvalue weighted by molar-refractivity contribution is -0.123. The van der Waals surface area contributed by atoms with Crippen molar-refractivity contribution in [1.82, 2.24) is 5.32 Å². The van der Waals surface area contributed by atoms with E-state index in [1.54, 1.807) is 0 Å². The van der Waals surface area contributed by atoms with Crippen molar-refractivity contribution >= 4 is 21.8 Å². The highest BCUT2D eigenvalue weighted by molar-refractivity contribution is 9.10. The number of rotatable bonds is 5. The van der Waals surface area contributed by atoms with Gasteiger partial charge in [0, 0.05) is 11.0 Å². The van der Waals surface area contributed by atoms with Crippen molar-refractivity contribution in [3.05, 3.63) is 28.2 Å². The first kappa shape index (κ1) is 12.4. The number of ether oxygens (including phenoxy) is 1. The van der Waals surface area contributed by atoms with Crippen LogP contribution in [-0.4, -0.2) is 19.1 Å². The zero-order chi connectivity index (χ0) is 12.3. The number of amides is 1. The summed E-state index contributed by atoms with van der Waals surface area (Å²) in [5, 5.41) is 2.87. The van der Waals surface area contributed by atoms with Gasteiger partial charge in [0.2, 0.25) is 0 Å². The normalized spacial score (nSPS) is 14.5. The molecule has 0 unspecified atom stereocenters. The second-order valence-electron chi connectivity index (χ2n) is 4.45. The molecule has 0 bridgehead atoms. The number of aryl methyl sites for hydroxylation is 1. The molecule has 0 saturated heterocycles. The van der Waals surface area contributed by atoms with Crippen molar-refractivity contribution in [2.24, 2.45) is 5.92 Å². The van der Waals surface area contributed by atoms with E-state index in [0.29, 0.717) is 5.92 Å². The average molecular weight is 298 g/mol. The third kappa shape index (κ3) is 4.04. The van der Waals surface area contributed by atoms with Gasteiger partial charge in [-0.1, -0.05) is 15.9 Å². The molecule has 1 aliphatic rings. The highest BCUT2D eigenvalue weighted by Gasteiger charge is 2.21. The summed E-state index contributed by atoms with van der Waals surface area (Å²) in [5.41, 5.74) is 1.02. The van der Waals surface area contributed by atoms with Crippen molar-refractivity contribution in [3.63, 3.8) is 0 Å². The number of nitrogens with one attached hydrogen (secondary N) is 1. The Morgan fingerprint density at radius 2 is 2.29 bits per heavy atom. The first-order chi connectivity index (χ1) is 8.15. The largest absolute Gasteiger partial charge is 0.484 e. The summed E-state index contributed by atoms with van der Waals surface area (Å²) < 4.78 is 6.49. The minimum absolute atomic E-state index is 0.0424. The van der Waals surface area contributed by atoms with Gasteiger partial charge in [-0.2, -0.15) is 0 Å². The van der Waals surface area contributed by atoms with E-state index in [1.807, 2.05) is 25.1 Å². The number of carbonyl (C=O) groups excluding carboxylic acids is 1. The number of hydrogen-bond acceptors (Lipinski definition) is 2. The molecule has 0 radical (unpaired) electrons. The first-order valence-electron chi connectivity index (χ1n) is 5.81. The quantitative estimate of drug-likeness (QED) is 0.907. The third-order valence-corrected chi connectivity index (χ3v) is 3.27. The molecule has 92 valence electrons. The highest BCUT2D eigenvalue weighted by atomic mass is 79.9. The molecule has 0 atom stereocenters. The van der Waals surface area contributed by atoms with Gasteiger partial charge in [-0.25, -0.2) is 0 Å². The van der Waals surface area contributed by atoms with Gasteiger partial charge in [-0.15, -0.1) is 0 Å². The van der Waals surface area contributed by atoms with Gasteiger partial charge in [0.25, 0.3) is 5.91 Å². The van der Waals surface area contributed by atoms with Crippen LogP contribution in [0.3, 0.4) is 0 Å². The Morgan fingerprint density at radius 1 is 1.53 bits per heavy atom. The Bertz CT molecular complexity index is 416.